The van der Waals surface area contributed by atoms with Crippen LogP contribution in [0.15, 0.2) is 64.6 Å². The molecule has 124 valence electrons. The van der Waals surface area contributed by atoms with Gasteiger partial charge in [0.2, 0.25) is 0 Å². The van der Waals surface area contributed by atoms with E-state index in [-0.39, 0.29) is 11.9 Å². The minimum atomic E-state index is -0.602. The Balaban J connectivity index is 1.76. The van der Waals surface area contributed by atoms with Crippen LogP contribution in [0.4, 0.5) is 0 Å². The van der Waals surface area contributed by atoms with Crippen LogP contribution in [0.5, 0.6) is 5.75 Å². The number of fused-ring (bicyclic) bond motifs is 3. The number of allylic oxidation sites excluding steroid dienone is 3. The molecule has 1 spiro atoms. The topological polar surface area (TPSA) is 38.3 Å². The van der Waals surface area contributed by atoms with E-state index in [0.29, 0.717) is 0 Å². The molecule has 2 aliphatic carbocycles. The summed E-state index contributed by atoms with van der Waals surface area (Å²) in [6.07, 6.45) is 17.0. The van der Waals surface area contributed by atoms with E-state index in [1.165, 1.54) is 4.91 Å². The number of hydrogen-bond donors (Lipinski definition) is 1. The Bertz CT molecular complexity index is 980. The second-order valence-corrected chi connectivity index (χ2v) is 7.52. The van der Waals surface area contributed by atoms with Gasteiger partial charge in [-0.1, -0.05) is 30.4 Å². The first kappa shape index (κ1) is 14.8. The summed E-state index contributed by atoms with van der Waals surface area (Å²) in [5.41, 5.74) is 4.36. The number of amides is 1. The van der Waals surface area contributed by atoms with Gasteiger partial charge in [0.15, 0.2) is 5.60 Å². The zero-order valence-electron chi connectivity index (χ0n) is 14.0. The Morgan fingerprint density at radius 1 is 1.20 bits per heavy atom. The second-order valence-electron chi connectivity index (χ2n) is 6.64. The molecule has 1 amide bonds. The van der Waals surface area contributed by atoms with Gasteiger partial charge in [-0.2, -0.15) is 0 Å². The van der Waals surface area contributed by atoms with Crippen molar-refractivity contribution in [1.82, 2.24) is 5.32 Å². The Hall–Kier alpha value is -2.46. The molecule has 5 rings (SSSR count). The molecule has 0 saturated heterocycles. The van der Waals surface area contributed by atoms with Gasteiger partial charge in [0.25, 0.3) is 5.91 Å². The van der Waals surface area contributed by atoms with Crippen LogP contribution in [0.25, 0.3) is 6.08 Å². The van der Waals surface area contributed by atoms with Crippen LogP contribution in [-0.2, 0) is 0 Å². The maximum absolute atomic E-state index is 12.2. The standard InChI is InChI=1S/C21H17NO2S/c1-12-18-17(20(23)22-12)9-6-13-10-15-5-3-4-14-7-8-16(25-2)11-21(14,15)24-19(13)18/h3-12H,1-2H3,(H,22,23). The van der Waals surface area contributed by atoms with Crippen molar-refractivity contribution in [2.75, 3.05) is 6.26 Å². The smallest absolute Gasteiger partial charge is 0.252 e. The maximum Gasteiger partial charge on any atom is 0.252 e. The summed E-state index contributed by atoms with van der Waals surface area (Å²) in [6.45, 7) is 2.01. The van der Waals surface area contributed by atoms with Crippen LogP contribution in [0.3, 0.4) is 0 Å². The molecule has 25 heavy (non-hydrogen) atoms. The van der Waals surface area contributed by atoms with E-state index >= 15 is 0 Å². The lowest BCUT2D eigenvalue weighted by Crippen LogP contribution is -2.42. The lowest BCUT2D eigenvalue weighted by Gasteiger charge is -2.41. The Morgan fingerprint density at radius 3 is 2.92 bits per heavy atom. The molecule has 0 fully saturated rings. The highest BCUT2D eigenvalue weighted by Crippen LogP contribution is 2.49. The highest BCUT2D eigenvalue weighted by atomic mass is 32.2. The minimum Gasteiger partial charge on any atom is -0.473 e. The number of carbonyl (C=O) groups excluding carboxylic acids is 1. The summed E-state index contributed by atoms with van der Waals surface area (Å²) in [7, 11) is 0. The fraction of sp³-hybridized carbons (Fsp3) is 0.190. The molecule has 1 aromatic carbocycles. The molecule has 0 aromatic heterocycles. The van der Waals surface area contributed by atoms with Crippen molar-refractivity contribution in [3.8, 4) is 5.75 Å². The van der Waals surface area contributed by atoms with Crippen LogP contribution in [0, 0.1) is 0 Å². The van der Waals surface area contributed by atoms with E-state index < -0.39 is 5.60 Å². The number of nitrogens with one attached hydrogen (secondary N) is 1. The van der Waals surface area contributed by atoms with Crippen LogP contribution in [0.1, 0.15) is 34.5 Å². The van der Waals surface area contributed by atoms with Gasteiger partial charge in [-0.05, 0) is 37.5 Å². The number of thioether (sulfide) groups is 1. The van der Waals surface area contributed by atoms with Gasteiger partial charge >= 0.3 is 0 Å². The summed E-state index contributed by atoms with van der Waals surface area (Å²) in [5.74, 6) is 0.796. The Labute approximate surface area is 150 Å². The quantitative estimate of drug-likeness (QED) is 0.822. The summed E-state index contributed by atoms with van der Waals surface area (Å²) in [4.78, 5) is 13.4. The largest absolute Gasteiger partial charge is 0.473 e. The highest BCUT2D eigenvalue weighted by Gasteiger charge is 2.44. The van der Waals surface area contributed by atoms with Crippen LogP contribution >= 0.6 is 11.8 Å². The molecule has 1 N–H and O–H groups in total. The van der Waals surface area contributed by atoms with E-state index in [0.717, 1.165) is 33.6 Å². The van der Waals surface area contributed by atoms with E-state index in [1.54, 1.807) is 11.8 Å². The average molecular weight is 347 g/mol. The molecule has 4 heteroatoms. The van der Waals surface area contributed by atoms with Crippen LogP contribution in [-0.4, -0.2) is 17.8 Å². The number of ether oxygens (including phenoxy) is 1. The summed E-state index contributed by atoms with van der Waals surface area (Å²) in [6, 6.07) is 3.84. The van der Waals surface area contributed by atoms with Crippen LogP contribution in [0.2, 0.25) is 0 Å². The highest BCUT2D eigenvalue weighted by molar-refractivity contribution is 8.02. The molecule has 1 aromatic rings. The van der Waals surface area contributed by atoms with Gasteiger partial charge in [-0.3, -0.25) is 4.79 Å². The molecule has 2 aliphatic heterocycles. The molecular weight excluding hydrogens is 330 g/mol. The van der Waals surface area contributed by atoms with Gasteiger partial charge in [-0.15, -0.1) is 11.8 Å². The zero-order valence-corrected chi connectivity index (χ0v) is 14.8. The minimum absolute atomic E-state index is 0.0237. The fourth-order valence-electron chi connectivity index (χ4n) is 4.01. The van der Waals surface area contributed by atoms with Crippen molar-refractivity contribution in [2.45, 2.75) is 18.6 Å². The van der Waals surface area contributed by atoms with E-state index in [4.69, 9.17) is 4.74 Å². The molecular formula is C21H17NO2S. The second kappa shape index (κ2) is 5.02. The van der Waals surface area contributed by atoms with E-state index in [9.17, 15) is 4.79 Å². The van der Waals surface area contributed by atoms with Gasteiger partial charge in [0.05, 0.1) is 6.04 Å². The number of carbonyl (C=O) groups is 1. The lowest BCUT2D eigenvalue weighted by atomic mass is 9.76. The SMILES string of the molecule is CSC1=CC23Oc4c(ccc5c4C(C)NC5=O)C=C2C=CC=C3C=C1. The van der Waals surface area contributed by atoms with E-state index in [2.05, 4.69) is 54.1 Å². The molecule has 0 saturated carbocycles. The fourth-order valence-corrected chi connectivity index (χ4v) is 4.50. The summed E-state index contributed by atoms with van der Waals surface area (Å²) < 4.78 is 6.70. The van der Waals surface area contributed by atoms with Gasteiger partial charge in [-0.25, -0.2) is 0 Å². The Kier molecular flexibility index (Phi) is 2.98. The van der Waals surface area contributed by atoms with E-state index in [1.807, 2.05) is 19.1 Å². The first-order valence-electron chi connectivity index (χ1n) is 8.35. The third-order valence-corrected chi connectivity index (χ3v) is 5.97. The third kappa shape index (κ3) is 1.91. The van der Waals surface area contributed by atoms with Crippen molar-refractivity contribution in [2.24, 2.45) is 0 Å². The summed E-state index contributed by atoms with van der Waals surface area (Å²) >= 11 is 1.71. The summed E-state index contributed by atoms with van der Waals surface area (Å²) in [5, 5.41) is 2.99. The molecule has 2 heterocycles. The third-order valence-electron chi connectivity index (χ3n) is 5.24. The van der Waals surface area contributed by atoms with Crippen molar-refractivity contribution in [3.05, 3.63) is 81.3 Å². The molecule has 4 aliphatic rings. The van der Waals surface area contributed by atoms with Gasteiger partial charge in [0, 0.05) is 32.7 Å². The van der Waals surface area contributed by atoms with Crippen molar-refractivity contribution in [3.63, 3.8) is 0 Å². The molecule has 2 atom stereocenters. The molecule has 2 unspecified atom stereocenters. The molecule has 3 nitrogen and oxygen atoms in total. The van der Waals surface area contributed by atoms with Gasteiger partial charge < -0.3 is 10.1 Å². The number of rotatable bonds is 1. The van der Waals surface area contributed by atoms with Crippen LogP contribution < -0.4 is 10.1 Å². The predicted octanol–water partition coefficient (Wildman–Crippen LogP) is 4.32. The van der Waals surface area contributed by atoms with Gasteiger partial charge in [0.1, 0.15) is 5.75 Å². The zero-order chi connectivity index (χ0) is 17.2. The van der Waals surface area contributed by atoms with Crippen molar-refractivity contribution < 1.29 is 9.53 Å². The Morgan fingerprint density at radius 2 is 2.08 bits per heavy atom. The monoisotopic (exact) mass is 347 g/mol. The first-order valence-corrected chi connectivity index (χ1v) is 9.57. The average Bonchev–Trinajstić information content (AvgIpc) is 2.92. The lowest BCUT2D eigenvalue weighted by molar-refractivity contribution is 0.0958. The number of hydrogen-bond acceptors (Lipinski definition) is 3. The van der Waals surface area contributed by atoms with Crippen molar-refractivity contribution in [1.29, 1.82) is 0 Å². The van der Waals surface area contributed by atoms with Crippen molar-refractivity contribution >= 4 is 23.7 Å². The first-order chi connectivity index (χ1) is 12.1. The molecule has 0 radical (unpaired) electrons. The molecule has 0 bridgehead atoms. The normalized spacial score (nSPS) is 27.8. The number of benzene rings is 1. The maximum atomic E-state index is 12.2. The predicted molar refractivity (Wildman–Crippen MR) is 102 cm³/mol.